The lowest BCUT2D eigenvalue weighted by Crippen LogP contribution is -1.90. The van der Waals surface area contributed by atoms with E-state index in [1.54, 1.807) is 6.20 Å². The van der Waals surface area contributed by atoms with E-state index in [0.717, 1.165) is 9.32 Å². The molecule has 0 saturated heterocycles. The number of rotatable bonds is 2. The summed E-state index contributed by atoms with van der Waals surface area (Å²) in [5.41, 5.74) is 2.89. The molecule has 1 heterocycles. The fraction of sp³-hybridized carbons (Fsp3) is 0.214. The highest BCUT2D eigenvalue weighted by Gasteiger charge is 2.11. The van der Waals surface area contributed by atoms with Crippen LogP contribution in [0.15, 0.2) is 36.5 Å². The molecule has 0 amide bonds. The van der Waals surface area contributed by atoms with Crippen molar-refractivity contribution in [2.45, 2.75) is 19.3 Å². The Kier molecular flexibility index (Phi) is 3.01. The Morgan fingerprint density at radius 2 is 1.94 bits per heavy atom. The molecule has 2 aromatic rings. The van der Waals surface area contributed by atoms with E-state index >= 15 is 0 Å². The zero-order valence-corrected chi connectivity index (χ0v) is 11.5. The SMILES string of the molecule is Ic1ccnc(Oc2ccc3c(c2)CCC3)c1. The van der Waals surface area contributed by atoms with Crippen LogP contribution < -0.4 is 4.74 Å². The maximum absolute atomic E-state index is 5.77. The van der Waals surface area contributed by atoms with Crippen LogP contribution in [0.2, 0.25) is 0 Å². The molecule has 1 aromatic carbocycles. The molecule has 0 spiro atoms. The Labute approximate surface area is 114 Å². The van der Waals surface area contributed by atoms with Crippen LogP contribution in [0.5, 0.6) is 11.6 Å². The van der Waals surface area contributed by atoms with E-state index in [2.05, 4.69) is 39.7 Å². The maximum Gasteiger partial charge on any atom is 0.220 e. The molecule has 0 radical (unpaired) electrons. The molecule has 0 atom stereocenters. The molecule has 1 aliphatic rings. The molecule has 0 unspecified atom stereocenters. The second-order valence-electron chi connectivity index (χ2n) is 4.20. The largest absolute Gasteiger partial charge is 0.439 e. The minimum Gasteiger partial charge on any atom is -0.439 e. The third kappa shape index (κ3) is 2.44. The first-order valence-electron chi connectivity index (χ1n) is 5.72. The van der Waals surface area contributed by atoms with Crippen molar-refractivity contribution < 1.29 is 4.74 Å². The summed E-state index contributed by atoms with van der Waals surface area (Å²) in [6.07, 6.45) is 5.41. The molecule has 3 heteroatoms. The van der Waals surface area contributed by atoms with Gasteiger partial charge in [0.1, 0.15) is 5.75 Å². The molecule has 3 rings (SSSR count). The minimum atomic E-state index is 0.662. The van der Waals surface area contributed by atoms with Gasteiger partial charge in [-0.1, -0.05) is 6.07 Å². The number of fused-ring (bicyclic) bond motifs is 1. The van der Waals surface area contributed by atoms with E-state index in [0.29, 0.717) is 5.88 Å². The molecule has 2 nitrogen and oxygen atoms in total. The summed E-state index contributed by atoms with van der Waals surface area (Å²) in [4.78, 5) is 4.20. The van der Waals surface area contributed by atoms with Crippen molar-refractivity contribution in [3.63, 3.8) is 0 Å². The van der Waals surface area contributed by atoms with Gasteiger partial charge in [0.25, 0.3) is 0 Å². The lowest BCUT2D eigenvalue weighted by atomic mass is 10.1. The second-order valence-corrected chi connectivity index (χ2v) is 5.44. The topological polar surface area (TPSA) is 22.1 Å². The van der Waals surface area contributed by atoms with Crippen molar-refractivity contribution in [2.75, 3.05) is 0 Å². The first-order valence-corrected chi connectivity index (χ1v) is 6.80. The van der Waals surface area contributed by atoms with Gasteiger partial charge < -0.3 is 4.74 Å². The summed E-state index contributed by atoms with van der Waals surface area (Å²) < 4.78 is 6.90. The van der Waals surface area contributed by atoms with Crippen LogP contribution in [0.25, 0.3) is 0 Å². The van der Waals surface area contributed by atoms with Crippen LogP contribution in [0.4, 0.5) is 0 Å². The number of halogens is 1. The van der Waals surface area contributed by atoms with Gasteiger partial charge in [-0.05, 0) is 71.2 Å². The summed E-state index contributed by atoms with van der Waals surface area (Å²) in [5, 5.41) is 0. The molecular formula is C14H12INO. The third-order valence-corrected chi connectivity index (χ3v) is 3.66. The number of nitrogens with zero attached hydrogens (tertiary/aromatic N) is 1. The number of hydrogen-bond acceptors (Lipinski definition) is 2. The van der Waals surface area contributed by atoms with Gasteiger partial charge in [-0.3, -0.25) is 0 Å². The van der Waals surface area contributed by atoms with Gasteiger partial charge in [-0.25, -0.2) is 4.98 Å². The molecule has 1 aliphatic carbocycles. The van der Waals surface area contributed by atoms with Crippen LogP contribution in [-0.4, -0.2) is 4.98 Å². The summed E-state index contributed by atoms with van der Waals surface area (Å²) in [5.74, 6) is 1.55. The Balaban J connectivity index is 1.86. The smallest absolute Gasteiger partial charge is 0.220 e. The van der Waals surface area contributed by atoms with E-state index in [1.807, 2.05) is 18.2 Å². The maximum atomic E-state index is 5.77. The summed E-state index contributed by atoms with van der Waals surface area (Å²) in [7, 11) is 0. The highest BCUT2D eigenvalue weighted by atomic mass is 127. The number of aromatic nitrogens is 1. The Bertz CT molecular complexity index is 554. The van der Waals surface area contributed by atoms with Crippen LogP contribution in [0.1, 0.15) is 17.5 Å². The van der Waals surface area contributed by atoms with Crippen molar-refractivity contribution in [1.29, 1.82) is 0 Å². The lowest BCUT2D eigenvalue weighted by molar-refractivity contribution is 0.462. The predicted octanol–water partition coefficient (Wildman–Crippen LogP) is 3.97. The van der Waals surface area contributed by atoms with Gasteiger partial charge in [-0.2, -0.15) is 0 Å². The van der Waals surface area contributed by atoms with E-state index in [9.17, 15) is 0 Å². The molecule has 0 aliphatic heterocycles. The van der Waals surface area contributed by atoms with Gasteiger partial charge in [0.05, 0.1) is 0 Å². The zero-order valence-electron chi connectivity index (χ0n) is 9.32. The predicted molar refractivity (Wildman–Crippen MR) is 75.5 cm³/mol. The van der Waals surface area contributed by atoms with E-state index in [4.69, 9.17) is 4.74 Å². The first-order chi connectivity index (χ1) is 8.31. The van der Waals surface area contributed by atoms with Gasteiger partial charge >= 0.3 is 0 Å². The van der Waals surface area contributed by atoms with Crippen molar-refractivity contribution in [3.05, 3.63) is 51.2 Å². The van der Waals surface area contributed by atoms with Crippen LogP contribution >= 0.6 is 22.6 Å². The van der Waals surface area contributed by atoms with E-state index < -0.39 is 0 Å². The van der Waals surface area contributed by atoms with Crippen LogP contribution in [0.3, 0.4) is 0 Å². The molecule has 0 fully saturated rings. The fourth-order valence-electron chi connectivity index (χ4n) is 2.17. The summed E-state index contributed by atoms with van der Waals surface area (Å²) in [6, 6.07) is 10.2. The standard InChI is InChI=1S/C14H12INO/c15-12-6-7-16-14(9-12)17-13-5-4-10-2-1-3-11(10)8-13/h4-9H,1-3H2. The number of aryl methyl sites for hydroxylation is 2. The minimum absolute atomic E-state index is 0.662. The van der Waals surface area contributed by atoms with Crippen molar-refractivity contribution >= 4 is 22.6 Å². The van der Waals surface area contributed by atoms with Crippen LogP contribution in [0, 0.1) is 3.57 Å². The Morgan fingerprint density at radius 1 is 1.06 bits per heavy atom. The number of pyridine rings is 1. The zero-order chi connectivity index (χ0) is 11.7. The highest BCUT2D eigenvalue weighted by molar-refractivity contribution is 14.1. The van der Waals surface area contributed by atoms with Gasteiger partial charge in [-0.15, -0.1) is 0 Å². The molecule has 0 N–H and O–H groups in total. The highest BCUT2D eigenvalue weighted by Crippen LogP contribution is 2.28. The number of ether oxygens (including phenoxy) is 1. The van der Waals surface area contributed by atoms with E-state index in [1.165, 1.54) is 30.4 Å². The quantitative estimate of drug-likeness (QED) is 0.774. The molecular weight excluding hydrogens is 325 g/mol. The second kappa shape index (κ2) is 4.64. The molecule has 17 heavy (non-hydrogen) atoms. The van der Waals surface area contributed by atoms with Crippen LogP contribution in [-0.2, 0) is 12.8 Å². The van der Waals surface area contributed by atoms with Gasteiger partial charge in [0.15, 0.2) is 0 Å². The Hall–Kier alpha value is -1.10. The van der Waals surface area contributed by atoms with Crippen molar-refractivity contribution in [2.24, 2.45) is 0 Å². The summed E-state index contributed by atoms with van der Waals surface area (Å²) >= 11 is 2.26. The monoisotopic (exact) mass is 337 g/mol. The number of benzene rings is 1. The third-order valence-electron chi connectivity index (χ3n) is 2.99. The molecule has 1 aromatic heterocycles. The first kappa shape index (κ1) is 11.0. The molecule has 86 valence electrons. The number of hydrogen-bond donors (Lipinski definition) is 0. The molecule has 0 saturated carbocycles. The van der Waals surface area contributed by atoms with E-state index in [-0.39, 0.29) is 0 Å². The average Bonchev–Trinajstić information content (AvgIpc) is 2.76. The van der Waals surface area contributed by atoms with Gasteiger partial charge in [0, 0.05) is 15.8 Å². The molecule has 0 bridgehead atoms. The van der Waals surface area contributed by atoms with Crippen molar-refractivity contribution in [1.82, 2.24) is 4.98 Å². The average molecular weight is 337 g/mol. The van der Waals surface area contributed by atoms with Crippen molar-refractivity contribution in [3.8, 4) is 11.6 Å². The Morgan fingerprint density at radius 3 is 2.82 bits per heavy atom. The van der Waals surface area contributed by atoms with Gasteiger partial charge in [0.2, 0.25) is 5.88 Å². The lowest BCUT2D eigenvalue weighted by Gasteiger charge is -2.06. The summed E-state index contributed by atoms with van der Waals surface area (Å²) in [6.45, 7) is 0. The normalized spacial score (nSPS) is 13.5. The fourth-order valence-corrected chi connectivity index (χ4v) is 2.60.